The number of para-hydroxylation sites is 1. The maximum atomic E-state index is 12.1. The Morgan fingerprint density at radius 2 is 1.79 bits per heavy atom. The van der Waals surface area contributed by atoms with Crippen molar-refractivity contribution in [3.05, 3.63) is 89.4 Å². The van der Waals surface area contributed by atoms with Gasteiger partial charge in [-0.2, -0.15) is 0 Å². The van der Waals surface area contributed by atoms with Crippen molar-refractivity contribution in [2.75, 3.05) is 6.54 Å². The number of amides is 3. The number of hydrogen-bond acceptors (Lipinski definition) is 4. The first-order chi connectivity index (χ1) is 14.1. The summed E-state index contributed by atoms with van der Waals surface area (Å²) in [6.45, 7) is 2.67. The number of hydrogen-bond donors (Lipinski definition) is 3. The van der Waals surface area contributed by atoms with Crippen LogP contribution in [0.1, 0.15) is 27.4 Å². The third-order valence-electron chi connectivity index (χ3n) is 4.08. The maximum Gasteiger partial charge on any atom is 0.333 e. The number of carbonyl (C=O) groups is 2. The minimum absolute atomic E-state index is 0.0803. The molecule has 3 N–H and O–H groups in total. The Kier molecular flexibility index (Phi) is 6.89. The van der Waals surface area contributed by atoms with Crippen molar-refractivity contribution in [1.29, 1.82) is 0 Å². The van der Waals surface area contributed by atoms with E-state index in [-0.39, 0.29) is 12.4 Å². The topological polar surface area (TPSA) is 92.6 Å². The van der Waals surface area contributed by atoms with Gasteiger partial charge in [0.25, 0.3) is 0 Å². The fourth-order valence-corrected chi connectivity index (χ4v) is 2.66. The SMILES string of the molecule is Cc1cccc(CCNC(=O)NNC(=O)c2ccc(COc3ccccc3)o2)c1. The zero-order valence-electron chi connectivity index (χ0n) is 16.1. The van der Waals surface area contributed by atoms with Crippen LogP contribution < -0.4 is 20.9 Å². The molecule has 0 aliphatic heterocycles. The molecule has 0 atom stereocenters. The molecular formula is C22H23N3O4. The molecule has 3 amide bonds. The summed E-state index contributed by atoms with van der Waals surface area (Å²) in [5, 5.41) is 2.69. The quantitative estimate of drug-likeness (QED) is 0.537. The number of aryl methyl sites for hydroxylation is 1. The first-order valence-electron chi connectivity index (χ1n) is 9.26. The van der Waals surface area contributed by atoms with Crippen molar-refractivity contribution in [3.63, 3.8) is 0 Å². The van der Waals surface area contributed by atoms with Gasteiger partial charge in [0, 0.05) is 6.54 Å². The first-order valence-corrected chi connectivity index (χ1v) is 9.26. The normalized spacial score (nSPS) is 10.2. The van der Waals surface area contributed by atoms with Crippen LogP contribution in [0.3, 0.4) is 0 Å². The molecule has 0 saturated heterocycles. The van der Waals surface area contributed by atoms with Gasteiger partial charge in [-0.3, -0.25) is 10.2 Å². The average Bonchev–Trinajstić information content (AvgIpc) is 3.20. The van der Waals surface area contributed by atoms with Crippen LogP contribution in [0, 0.1) is 6.92 Å². The van der Waals surface area contributed by atoms with Crippen LogP contribution in [0.25, 0.3) is 0 Å². The second-order valence-corrected chi connectivity index (χ2v) is 6.44. The van der Waals surface area contributed by atoms with E-state index in [1.165, 1.54) is 11.6 Å². The summed E-state index contributed by atoms with van der Waals surface area (Å²) in [6.07, 6.45) is 0.700. The number of urea groups is 1. The Morgan fingerprint density at radius 1 is 0.966 bits per heavy atom. The lowest BCUT2D eigenvalue weighted by molar-refractivity contribution is 0.0904. The molecule has 0 fully saturated rings. The molecule has 0 bridgehead atoms. The third-order valence-corrected chi connectivity index (χ3v) is 4.08. The number of rotatable bonds is 7. The zero-order chi connectivity index (χ0) is 20.5. The highest BCUT2D eigenvalue weighted by Crippen LogP contribution is 2.13. The number of carbonyl (C=O) groups excluding carboxylic acids is 2. The number of furan rings is 1. The molecule has 7 heteroatoms. The fourth-order valence-electron chi connectivity index (χ4n) is 2.66. The highest BCUT2D eigenvalue weighted by Gasteiger charge is 2.12. The van der Waals surface area contributed by atoms with Crippen LogP contribution in [-0.4, -0.2) is 18.5 Å². The zero-order valence-corrected chi connectivity index (χ0v) is 16.1. The van der Waals surface area contributed by atoms with Crippen molar-refractivity contribution in [3.8, 4) is 5.75 Å². The molecule has 0 spiro atoms. The standard InChI is InChI=1S/C22H23N3O4/c1-16-6-5-7-17(14-16)12-13-23-22(27)25-24-21(26)20-11-10-19(29-20)15-28-18-8-3-2-4-9-18/h2-11,14H,12-13,15H2,1H3,(H,24,26)(H2,23,25,27). The predicted octanol–water partition coefficient (Wildman–Crippen LogP) is 3.35. The molecule has 150 valence electrons. The smallest absolute Gasteiger partial charge is 0.333 e. The van der Waals surface area contributed by atoms with Gasteiger partial charge < -0.3 is 14.5 Å². The Morgan fingerprint density at radius 3 is 2.59 bits per heavy atom. The van der Waals surface area contributed by atoms with Gasteiger partial charge in [0.15, 0.2) is 5.76 Å². The van der Waals surface area contributed by atoms with Gasteiger partial charge >= 0.3 is 11.9 Å². The first kappa shape index (κ1) is 20.0. The van der Waals surface area contributed by atoms with E-state index in [2.05, 4.69) is 22.2 Å². The molecule has 29 heavy (non-hydrogen) atoms. The molecule has 0 saturated carbocycles. The van der Waals surface area contributed by atoms with Gasteiger partial charge in [-0.05, 0) is 43.2 Å². The molecule has 0 aliphatic carbocycles. The van der Waals surface area contributed by atoms with Gasteiger partial charge in [-0.1, -0.05) is 48.0 Å². The van der Waals surface area contributed by atoms with E-state index < -0.39 is 11.9 Å². The lowest BCUT2D eigenvalue weighted by atomic mass is 10.1. The van der Waals surface area contributed by atoms with Gasteiger partial charge in [-0.25, -0.2) is 10.2 Å². The Labute approximate surface area is 169 Å². The summed E-state index contributed by atoms with van der Waals surface area (Å²) in [5.41, 5.74) is 6.92. The Hall–Kier alpha value is -3.74. The van der Waals surface area contributed by atoms with Gasteiger partial charge in [0.1, 0.15) is 18.1 Å². The van der Waals surface area contributed by atoms with E-state index in [4.69, 9.17) is 9.15 Å². The van der Waals surface area contributed by atoms with E-state index in [0.29, 0.717) is 24.5 Å². The molecule has 1 heterocycles. The monoisotopic (exact) mass is 393 g/mol. The summed E-state index contributed by atoms with van der Waals surface area (Å²) in [7, 11) is 0. The Balaban J connectivity index is 1.37. The highest BCUT2D eigenvalue weighted by atomic mass is 16.5. The van der Waals surface area contributed by atoms with E-state index in [1.54, 1.807) is 6.07 Å². The summed E-state index contributed by atoms with van der Waals surface area (Å²) < 4.78 is 11.0. The van der Waals surface area contributed by atoms with Crippen LogP contribution >= 0.6 is 0 Å². The van der Waals surface area contributed by atoms with E-state index in [1.807, 2.05) is 55.5 Å². The van der Waals surface area contributed by atoms with Crippen molar-refractivity contribution < 1.29 is 18.7 Å². The largest absolute Gasteiger partial charge is 0.486 e. The molecule has 0 radical (unpaired) electrons. The molecular weight excluding hydrogens is 370 g/mol. The van der Waals surface area contributed by atoms with Crippen LogP contribution in [0.2, 0.25) is 0 Å². The molecule has 7 nitrogen and oxygen atoms in total. The summed E-state index contributed by atoms with van der Waals surface area (Å²) >= 11 is 0. The predicted molar refractivity (Wildman–Crippen MR) is 108 cm³/mol. The van der Waals surface area contributed by atoms with E-state index in [0.717, 1.165) is 5.56 Å². The molecule has 3 aromatic rings. The minimum Gasteiger partial charge on any atom is -0.486 e. The molecule has 0 aliphatic rings. The minimum atomic E-state index is -0.551. The summed E-state index contributed by atoms with van der Waals surface area (Å²) in [4.78, 5) is 23.9. The Bertz CT molecular complexity index is 953. The average molecular weight is 393 g/mol. The second kappa shape index (κ2) is 9.98. The van der Waals surface area contributed by atoms with Crippen molar-refractivity contribution >= 4 is 11.9 Å². The number of ether oxygens (including phenoxy) is 1. The number of nitrogens with one attached hydrogen (secondary N) is 3. The van der Waals surface area contributed by atoms with Crippen LogP contribution in [0.15, 0.2) is 71.1 Å². The maximum absolute atomic E-state index is 12.1. The lowest BCUT2D eigenvalue weighted by Gasteiger charge is -2.08. The molecule has 3 rings (SSSR count). The van der Waals surface area contributed by atoms with Crippen molar-refractivity contribution in [1.82, 2.24) is 16.2 Å². The number of hydrazine groups is 1. The van der Waals surface area contributed by atoms with Crippen LogP contribution in [0.4, 0.5) is 4.79 Å². The van der Waals surface area contributed by atoms with Gasteiger partial charge in [0.05, 0.1) is 0 Å². The van der Waals surface area contributed by atoms with Crippen molar-refractivity contribution in [2.45, 2.75) is 20.0 Å². The van der Waals surface area contributed by atoms with Crippen molar-refractivity contribution in [2.24, 2.45) is 0 Å². The third kappa shape index (κ3) is 6.42. The lowest BCUT2D eigenvalue weighted by Crippen LogP contribution is -2.47. The van der Waals surface area contributed by atoms with E-state index in [9.17, 15) is 9.59 Å². The second-order valence-electron chi connectivity index (χ2n) is 6.44. The van der Waals surface area contributed by atoms with E-state index >= 15 is 0 Å². The fraction of sp³-hybridized carbons (Fsp3) is 0.182. The van der Waals surface area contributed by atoms with Gasteiger partial charge in [-0.15, -0.1) is 0 Å². The molecule has 0 unspecified atom stereocenters. The van der Waals surface area contributed by atoms with Crippen LogP contribution in [0.5, 0.6) is 5.75 Å². The van der Waals surface area contributed by atoms with Gasteiger partial charge in [0.2, 0.25) is 0 Å². The molecule has 1 aromatic heterocycles. The summed E-state index contributed by atoms with van der Waals surface area (Å²) in [6, 6.07) is 20.1. The summed E-state index contributed by atoms with van der Waals surface area (Å²) in [5.74, 6) is 0.738. The number of benzene rings is 2. The molecule has 2 aromatic carbocycles. The highest BCUT2D eigenvalue weighted by molar-refractivity contribution is 5.92. The van der Waals surface area contributed by atoms with Crippen LogP contribution in [-0.2, 0) is 13.0 Å².